The van der Waals surface area contributed by atoms with Crippen molar-refractivity contribution in [3.63, 3.8) is 0 Å². The van der Waals surface area contributed by atoms with Gasteiger partial charge in [-0.3, -0.25) is 14.9 Å². The van der Waals surface area contributed by atoms with Gasteiger partial charge in [-0.25, -0.2) is 4.79 Å². The van der Waals surface area contributed by atoms with E-state index in [0.717, 1.165) is 30.2 Å². The maximum absolute atomic E-state index is 12.7. The monoisotopic (exact) mass is 380 g/mol. The van der Waals surface area contributed by atoms with Gasteiger partial charge in [0.1, 0.15) is 0 Å². The van der Waals surface area contributed by atoms with Crippen LogP contribution in [0.3, 0.4) is 0 Å². The van der Waals surface area contributed by atoms with Crippen molar-refractivity contribution >= 4 is 29.3 Å². The third-order valence-electron chi connectivity index (χ3n) is 4.51. The topological polar surface area (TPSA) is 89.7 Å². The molecule has 3 rings (SSSR count). The van der Waals surface area contributed by atoms with Crippen LogP contribution in [0.15, 0.2) is 54.6 Å². The average molecular weight is 380 g/mol. The second kappa shape index (κ2) is 8.47. The van der Waals surface area contributed by atoms with Crippen LogP contribution in [-0.2, 0) is 20.7 Å². The van der Waals surface area contributed by atoms with E-state index in [9.17, 15) is 19.7 Å². The van der Waals surface area contributed by atoms with Crippen LogP contribution in [0.1, 0.15) is 24.5 Å². The highest BCUT2D eigenvalue weighted by molar-refractivity contribution is 5.99. The molecule has 1 unspecified atom stereocenters. The molecule has 0 saturated heterocycles. The van der Waals surface area contributed by atoms with Crippen LogP contribution in [-0.4, -0.2) is 29.4 Å². The van der Waals surface area contributed by atoms with E-state index in [4.69, 9.17) is 4.74 Å². The molecule has 144 valence electrons. The van der Waals surface area contributed by atoms with Crippen molar-refractivity contribution in [3.8, 4) is 0 Å². The molecule has 7 nitrogen and oxygen atoms in total. The maximum Gasteiger partial charge on any atom is 0.331 e. The number of nitro groups is 1. The van der Waals surface area contributed by atoms with Gasteiger partial charge in [0.25, 0.3) is 11.6 Å². The van der Waals surface area contributed by atoms with Crippen molar-refractivity contribution in [2.75, 3.05) is 11.4 Å². The van der Waals surface area contributed by atoms with E-state index in [1.54, 1.807) is 17.9 Å². The number of carbonyl (C=O) groups excluding carboxylic acids is 2. The number of esters is 1. The lowest BCUT2D eigenvalue weighted by Gasteiger charge is -2.31. The number of benzene rings is 2. The Bertz CT molecular complexity index is 938. The molecule has 2 aromatic rings. The summed E-state index contributed by atoms with van der Waals surface area (Å²) in [7, 11) is 0. The zero-order valence-electron chi connectivity index (χ0n) is 15.4. The summed E-state index contributed by atoms with van der Waals surface area (Å²) < 4.78 is 5.23. The van der Waals surface area contributed by atoms with Gasteiger partial charge >= 0.3 is 5.97 Å². The fraction of sp³-hybridized carbons (Fsp3) is 0.238. The standard InChI is InChI=1S/C21H20N2O5/c1-15(21(25)22-13-5-8-17-7-2-3-10-19(17)22)28-20(24)12-11-16-6-4-9-18(14-16)23(26)27/h2-4,6-7,9-12,14-15H,5,8,13H2,1H3/b12-11+. The van der Waals surface area contributed by atoms with E-state index < -0.39 is 17.0 Å². The minimum Gasteiger partial charge on any atom is -0.449 e. The van der Waals surface area contributed by atoms with Gasteiger partial charge in [-0.15, -0.1) is 0 Å². The predicted molar refractivity (Wildman–Crippen MR) is 105 cm³/mol. The number of anilines is 1. The van der Waals surface area contributed by atoms with Crippen molar-refractivity contribution in [2.45, 2.75) is 25.9 Å². The van der Waals surface area contributed by atoms with Crippen LogP contribution in [0, 0.1) is 10.1 Å². The highest BCUT2D eigenvalue weighted by Gasteiger charge is 2.27. The first-order valence-electron chi connectivity index (χ1n) is 8.98. The van der Waals surface area contributed by atoms with Crippen molar-refractivity contribution in [2.24, 2.45) is 0 Å². The first kappa shape index (κ1) is 19.3. The number of hydrogen-bond donors (Lipinski definition) is 0. The normalized spacial score (nSPS) is 14.4. The number of para-hydroxylation sites is 1. The molecule has 28 heavy (non-hydrogen) atoms. The molecule has 7 heteroatoms. The van der Waals surface area contributed by atoms with Crippen LogP contribution < -0.4 is 4.90 Å². The molecule has 0 aliphatic carbocycles. The van der Waals surface area contributed by atoms with Crippen LogP contribution in [0.4, 0.5) is 11.4 Å². The average Bonchev–Trinajstić information content (AvgIpc) is 2.71. The molecular formula is C21H20N2O5. The fourth-order valence-electron chi connectivity index (χ4n) is 3.15. The second-order valence-corrected chi connectivity index (χ2v) is 6.49. The summed E-state index contributed by atoms with van der Waals surface area (Å²) >= 11 is 0. The Morgan fingerprint density at radius 2 is 2.00 bits per heavy atom. The van der Waals surface area contributed by atoms with Crippen molar-refractivity contribution in [1.29, 1.82) is 0 Å². The SMILES string of the molecule is CC(OC(=O)/C=C/c1cccc([N+](=O)[O-])c1)C(=O)N1CCCc2ccccc21. The molecule has 1 atom stereocenters. The number of nitro benzene ring substituents is 1. The molecule has 1 amide bonds. The van der Waals surface area contributed by atoms with E-state index >= 15 is 0 Å². The summed E-state index contributed by atoms with van der Waals surface area (Å²) in [5.41, 5.74) is 2.39. The van der Waals surface area contributed by atoms with Gasteiger partial charge in [0.2, 0.25) is 0 Å². The number of fused-ring (bicyclic) bond motifs is 1. The van der Waals surface area contributed by atoms with E-state index in [1.165, 1.54) is 24.3 Å². The number of non-ortho nitro benzene ring substituents is 1. The number of rotatable bonds is 5. The van der Waals surface area contributed by atoms with E-state index in [0.29, 0.717) is 12.1 Å². The van der Waals surface area contributed by atoms with Crippen LogP contribution in [0.25, 0.3) is 6.08 Å². The van der Waals surface area contributed by atoms with Crippen molar-refractivity contribution < 1.29 is 19.2 Å². The van der Waals surface area contributed by atoms with Crippen molar-refractivity contribution in [3.05, 3.63) is 75.8 Å². The van der Waals surface area contributed by atoms with Gasteiger partial charge in [-0.1, -0.05) is 30.3 Å². The molecule has 0 aromatic heterocycles. The highest BCUT2D eigenvalue weighted by Crippen LogP contribution is 2.27. The zero-order chi connectivity index (χ0) is 20.1. The minimum absolute atomic E-state index is 0.0668. The number of amides is 1. The lowest BCUT2D eigenvalue weighted by molar-refractivity contribution is -0.384. The molecule has 1 aliphatic heterocycles. The number of hydrogen-bond acceptors (Lipinski definition) is 5. The lowest BCUT2D eigenvalue weighted by Crippen LogP contribution is -2.42. The van der Waals surface area contributed by atoms with E-state index in [1.807, 2.05) is 24.3 Å². The molecule has 0 radical (unpaired) electrons. The quantitative estimate of drug-likeness (QED) is 0.343. The molecule has 2 aromatic carbocycles. The van der Waals surface area contributed by atoms with Gasteiger partial charge in [0.15, 0.2) is 6.10 Å². The van der Waals surface area contributed by atoms with E-state index in [-0.39, 0.29) is 11.6 Å². The molecule has 1 aliphatic rings. The summed E-state index contributed by atoms with van der Waals surface area (Å²) in [4.78, 5) is 36.7. The number of carbonyl (C=O) groups is 2. The predicted octanol–water partition coefficient (Wildman–Crippen LogP) is 3.52. The Labute approximate surface area is 162 Å². The maximum atomic E-state index is 12.7. The summed E-state index contributed by atoms with van der Waals surface area (Å²) in [6.45, 7) is 2.12. The Morgan fingerprint density at radius 3 is 2.79 bits per heavy atom. The summed E-state index contributed by atoms with van der Waals surface area (Å²) in [5.74, 6) is -0.957. The number of ether oxygens (including phenoxy) is 1. The van der Waals surface area contributed by atoms with Gasteiger partial charge in [0.05, 0.1) is 4.92 Å². The lowest BCUT2D eigenvalue weighted by atomic mass is 10.0. The largest absolute Gasteiger partial charge is 0.449 e. The van der Waals surface area contributed by atoms with Gasteiger partial charge in [-0.2, -0.15) is 0 Å². The molecule has 0 fully saturated rings. The third kappa shape index (κ3) is 4.43. The Balaban J connectivity index is 1.64. The van der Waals surface area contributed by atoms with Crippen LogP contribution in [0.5, 0.6) is 0 Å². The van der Waals surface area contributed by atoms with Gasteiger partial charge < -0.3 is 9.64 Å². The zero-order valence-corrected chi connectivity index (χ0v) is 15.4. The Hall–Kier alpha value is -3.48. The smallest absolute Gasteiger partial charge is 0.331 e. The first-order valence-corrected chi connectivity index (χ1v) is 8.98. The minimum atomic E-state index is -0.937. The molecule has 0 spiro atoms. The van der Waals surface area contributed by atoms with E-state index in [2.05, 4.69) is 0 Å². The highest BCUT2D eigenvalue weighted by atomic mass is 16.6. The van der Waals surface area contributed by atoms with Crippen LogP contribution >= 0.6 is 0 Å². The molecule has 0 saturated carbocycles. The third-order valence-corrected chi connectivity index (χ3v) is 4.51. The Morgan fingerprint density at radius 1 is 1.21 bits per heavy atom. The first-order chi connectivity index (χ1) is 13.5. The second-order valence-electron chi connectivity index (χ2n) is 6.49. The van der Waals surface area contributed by atoms with Crippen molar-refractivity contribution in [1.82, 2.24) is 0 Å². The molecule has 0 bridgehead atoms. The van der Waals surface area contributed by atoms with Gasteiger partial charge in [-0.05, 0) is 43.0 Å². The molecule has 1 heterocycles. The number of aryl methyl sites for hydroxylation is 1. The summed E-state index contributed by atoms with van der Waals surface area (Å²) in [6.07, 6.45) is 3.42. The molecule has 0 N–H and O–H groups in total. The summed E-state index contributed by atoms with van der Waals surface area (Å²) in [6, 6.07) is 13.6. The van der Waals surface area contributed by atoms with Gasteiger partial charge in [0, 0.05) is 30.4 Å². The summed E-state index contributed by atoms with van der Waals surface area (Å²) in [5, 5.41) is 10.8. The number of nitrogens with zero attached hydrogens (tertiary/aromatic N) is 2. The fourth-order valence-corrected chi connectivity index (χ4v) is 3.15. The Kier molecular flexibility index (Phi) is 5.84. The van der Waals surface area contributed by atoms with Crippen LogP contribution in [0.2, 0.25) is 0 Å². The molecular weight excluding hydrogens is 360 g/mol.